The van der Waals surface area contributed by atoms with E-state index in [1.165, 1.54) is 0 Å². The van der Waals surface area contributed by atoms with Crippen molar-refractivity contribution >= 4 is 16.0 Å². The summed E-state index contributed by atoms with van der Waals surface area (Å²) in [6.07, 6.45) is 7.39. The van der Waals surface area contributed by atoms with Crippen LogP contribution in [0.1, 0.15) is 11.1 Å². The van der Waals surface area contributed by atoms with Gasteiger partial charge in [-0.15, -0.1) is 0 Å². The van der Waals surface area contributed by atoms with Gasteiger partial charge in [-0.25, -0.2) is 18.4 Å². The molecule has 1 fully saturated rings. The number of hydrogen-bond acceptors (Lipinski definition) is 6. The van der Waals surface area contributed by atoms with E-state index in [2.05, 4.69) is 15.0 Å². The van der Waals surface area contributed by atoms with Gasteiger partial charge in [-0.2, -0.15) is 4.31 Å². The number of hydrogen-bond donors (Lipinski definition) is 0. The van der Waals surface area contributed by atoms with Crippen molar-refractivity contribution in [1.82, 2.24) is 19.3 Å². The Morgan fingerprint density at radius 3 is 2.32 bits per heavy atom. The van der Waals surface area contributed by atoms with Gasteiger partial charge in [-0.1, -0.05) is 24.3 Å². The van der Waals surface area contributed by atoms with Gasteiger partial charge in [0.05, 0.1) is 4.90 Å². The minimum Gasteiger partial charge on any atom is -0.338 e. The highest BCUT2D eigenvalue weighted by atomic mass is 32.2. The quantitative estimate of drug-likeness (QED) is 0.657. The summed E-state index contributed by atoms with van der Waals surface area (Å²) in [6, 6.07) is 12.8. The Morgan fingerprint density at radius 2 is 1.61 bits per heavy atom. The Morgan fingerprint density at radius 1 is 0.857 bits per heavy atom. The van der Waals surface area contributed by atoms with Gasteiger partial charge < -0.3 is 4.90 Å². The third-order valence-corrected chi connectivity index (χ3v) is 6.78. The summed E-state index contributed by atoms with van der Waals surface area (Å²) in [5.41, 5.74) is 1.76. The van der Waals surface area contributed by atoms with Crippen LogP contribution in [-0.4, -0.2) is 53.9 Å². The van der Waals surface area contributed by atoms with Crippen molar-refractivity contribution in [2.45, 2.75) is 11.3 Å². The minimum atomic E-state index is -3.57. The van der Waals surface area contributed by atoms with Crippen LogP contribution >= 0.6 is 0 Å². The van der Waals surface area contributed by atoms with E-state index in [0.717, 1.165) is 11.1 Å². The van der Waals surface area contributed by atoms with Crippen LogP contribution in [0.5, 0.6) is 0 Å². The molecule has 3 aromatic rings. The topological polar surface area (TPSA) is 79.3 Å². The highest BCUT2D eigenvalue weighted by Crippen LogP contribution is 2.24. The molecule has 3 heterocycles. The molecule has 0 saturated carbocycles. The van der Waals surface area contributed by atoms with Crippen LogP contribution in [0.2, 0.25) is 0 Å². The second-order valence-corrected chi connectivity index (χ2v) is 8.49. The lowest BCUT2D eigenvalue weighted by Crippen LogP contribution is -2.49. The molecule has 7 nitrogen and oxygen atoms in total. The summed E-state index contributed by atoms with van der Waals surface area (Å²) in [5, 5.41) is 0. The molecule has 0 aliphatic carbocycles. The fraction of sp³-hybridized carbons (Fsp3) is 0.250. The molecular weight excluding hydrogens is 374 g/mol. The van der Waals surface area contributed by atoms with Crippen LogP contribution < -0.4 is 4.90 Å². The zero-order chi connectivity index (χ0) is 19.4. The molecule has 0 unspecified atom stereocenters. The third-order valence-electron chi connectivity index (χ3n) is 4.78. The molecule has 4 rings (SSSR count). The van der Waals surface area contributed by atoms with Crippen LogP contribution in [0.15, 0.2) is 72.1 Å². The first-order valence-electron chi connectivity index (χ1n) is 9.13. The Labute approximate surface area is 164 Å². The van der Waals surface area contributed by atoms with Crippen LogP contribution in [-0.2, 0) is 16.4 Å². The van der Waals surface area contributed by atoms with Gasteiger partial charge in [0.2, 0.25) is 16.0 Å². The molecule has 0 atom stereocenters. The van der Waals surface area contributed by atoms with Crippen molar-refractivity contribution < 1.29 is 8.42 Å². The summed E-state index contributed by atoms with van der Waals surface area (Å²) in [7, 11) is -3.57. The lowest BCUT2D eigenvalue weighted by molar-refractivity contribution is 0.382. The fourth-order valence-electron chi connectivity index (χ4n) is 3.35. The Balaban J connectivity index is 1.53. The molecule has 0 radical (unpaired) electrons. The van der Waals surface area contributed by atoms with Crippen molar-refractivity contribution in [3.05, 3.63) is 78.4 Å². The van der Waals surface area contributed by atoms with Crippen molar-refractivity contribution in [3.63, 3.8) is 0 Å². The zero-order valence-electron chi connectivity index (χ0n) is 15.3. The summed E-state index contributed by atoms with van der Waals surface area (Å²) in [4.78, 5) is 15.0. The van der Waals surface area contributed by atoms with E-state index in [9.17, 15) is 8.42 Å². The maximum atomic E-state index is 13.3. The second-order valence-electron chi connectivity index (χ2n) is 6.59. The molecule has 0 amide bonds. The first-order chi connectivity index (χ1) is 13.6. The van der Waals surface area contributed by atoms with Gasteiger partial charge in [0, 0.05) is 57.4 Å². The molecule has 1 aliphatic rings. The SMILES string of the molecule is O=S(=O)(c1ccccc1Cc1cccnc1)N1CCN(c2ncccn2)CC1. The monoisotopic (exact) mass is 395 g/mol. The second kappa shape index (κ2) is 8.04. The maximum absolute atomic E-state index is 13.3. The van der Waals surface area contributed by atoms with Crippen LogP contribution in [0.3, 0.4) is 0 Å². The Hall–Kier alpha value is -2.84. The number of aromatic nitrogens is 3. The maximum Gasteiger partial charge on any atom is 0.243 e. The largest absolute Gasteiger partial charge is 0.338 e. The van der Waals surface area contributed by atoms with Gasteiger partial charge in [-0.05, 0) is 29.3 Å². The summed E-state index contributed by atoms with van der Waals surface area (Å²) < 4.78 is 28.2. The highest BCUT2D eigenvalue weighted by molar-refractivity contribution is 7.89. The normalized spacial score (nSPS) is 15.5. The molecule has 28 heavy (non-hydrogen) atoms. The van der Waals surface area contributed by atoms with Gasteiger partial charge in [0.15, 0.2) is 0 Å². The molecular formula is C20H21N5O2S. The van der Waals surface area contributed by atoms with Gasteiger partial charge in [0.1, 0.15) is 0 Å². The fourth-order valence-corrected chi connectivity index (χ4v) is 4.99. The van der Waals surface area contributed by atoms with E-state index >= 15 is 0 Å². The van der Waals surface area contributed by atoms with Crippen molar-refractivity contribution in [2.75, 3.05) is 31.1 Å². The zero-order valence-corrected chi connectivity index (χ0v) is 16.2. The van der Waals surface area contributed by atoms with Gasteiger partial charge in [-0.3, -0.25) is 4.98 Å². The van der Waals surface area contributed by atoms with E-state index in [4.69, 9.17) is 0 Å². The summed E-state index contributed by atoms with van der Waals surface area (Å²) in [5.74, 6) is 0.636. The number of anilines is 1. The Bertz CT molecular complexity index is 1020. The van der Waals surface area contributed by atoms with Crippen molar-refractivity contribution in [3.8, 4) is 0 Å². The predicted molar refractivity (Wildman–Crippen MR) is 106 cm³/mol. The smallest absolute Gasteiger partial charge is 0.243 e. The van der Waals surface area contributed by atoms with E-state index in [1.807, 2.05) is 29.2 Å². The molecule has 0 bridgehead atoms. The molecule has 2 aromatic heterocycles. The first-order valence-corrected chi connectivity index (χ1v) is 10.6. The number of piperazine rings is 1. The Kier molecular flexibility index (Phi) is 5.31. The molecule has 1 aliphatic heterocycles. The standard InChI is InChI=1S/C20H21N5O2S/c26-28(27,25-13-11-24(12-14-25)20-22-9-4-10-23-20)19-7-2-1-6-18(19)15-17-5-3-8-21-16-17/h1-10,16H,11-15H2. The van der Waals surface area contributed by atoms with Gasteiger partial charge >= 0.3 is 0 Å². The first kappa shape index (κ1) is 18.5. The number of nitrogens with zero attached hydrogens (tertiary/aromatic N) is 5. The third kappa shape index (κ3) is 3.88. The summed E-state index contributed by atoms with van der Waals surface area (Å²) in [6.45, 7) is 1.94. The minimum absolute atomic E-state index is 0.364. The number of pyridine rings is 1. The lowest BCUT2D eigenvalue weighted by atomic mass is 10.1. The molecule has 1 saturated heterocycles. The highest BCUT2D eigenvalue weighted by Gasteiger charge is 2.30. The van der Waals surface area contributed by atoms with E-state index in [-0.39, 0.29) is 0 Å². The molecule has 144 valence electrons. The predicted octanol–water partition coefficient (Wildman–Crippen LogP) is 1.97. The molecule has 1 aromatic carbocycles. The van der Waals surface area contributed by atoms with Crippen LogP contribution in [0.25, 0.3) is 0 Å². The van der Waals surface area contributed by atoms with E-state index < -0.39 is 10.0 Å². The van der Waals surface area contributed by atoms with Gasteiger partial charge in [0.25, 0.3) is 0 Å². The average Bonchev–Trinajstić information content (AvgIpc) is 2.75. The number of rotatable bonds is 5. The van der Waals surface area contributed by atoms with Crippen LogP contribution in [0.4, 0.5) is 5.95 Å². The summed E-state index contributed by atoms with van der Waals surface area (Å²) >= 11 is 0. The van der Waals surface area contributed by atoms with Crippen molar-refractivity contribution in [1.29, 1.82) is 0 Å². The van der Waals surface area contributed by atoms with E-state index in [0.29, 0.717) is 43.4 Å². The number of sulfonamides is 1. The lowest BCUT2D eigenvalue weighted by Gasteiger charge is -2.34. The van der Waals surface area contributed by atoms with Crippen molar-refractivity contribution in [2.24, 2.45) is 0 Å². The van der Waals surface area contributed by atoms with E-state index in [1.54, 1.807) is 47.3 Å². The molecule has 8 heteroatoms. The molecule has 0 spiro atoms. The average molecular weight is 395 g/mol. The van der Waals surface area contributed by atoms with Crippen LogP contribution in [0, 0.1) is 0 Å². The molecule has 0 N–H and O–H groups in total. The number of benzene rings is 1.